The van der Waals surface area contributed by atoms with Crippen LogP contribution in [0.2, 0.25) is 0 Å². The Bertz CT molecular complexity index is 472. The predicted octanol–water partition coefficient (Wildman–Crippen LogP) is 4.68. The molecule has 108 valence electrons. The Labute approximate surface area is 120 Å². The number of nitriles is 1. The zero-order valence-electron chi connectivity index (χ0n) is 12.1. The van der Waals surface area contributed by atoms with E-state index in [-0.39, 0.29) is 5.75 Å². The summed E-state index contributed by atoms with van der Waals surface area (Å²) in [4.78, 5) is 0. The van der Waals surface area contributed by atoms with Crippen LogP contribution in [0.3, 0.4) is 0 Å². The Morgan fingerprint density at radius 1 is 1.30 bits per heavy atom. The molecular formula is C17H22FNO. The van der Waals surface area contributed by atoms with E-state index in [0.29, 0.717) is 12.2 Å². The zero-order chi connectivity index (χ0) is 14.4. The van der Waals surface area contributed by atoms with E-state index in [1.165, 1.54) is 44.2 Å². The number of rotatable bonds is 5. The Morgan fingerprint density at radius 3 is 2.70 bits per heavy atom. The van der Waals surface area contributed by atoms with Crippen LogP contribution in [0.4, 0.5) is 4.39 Å². The molecule has 0 atom stereocenters. The lowest BCUT2D eigenvalue weighted by atomic mass is 9.81. The van der Waals surface area contributed by atoms with Crippen molar-refractivity contribution < 1.29 is 9.13 Å². The van der Waals surface area contributed by atoms with Crippen LogP contribution in [-0.4, -0.2) is 6.61 Å². The van der Waals surface area contributed by atoms with Crippen LogP contribution in [0.5, 0.6) is 5.75 Å². The molecule has 0 heterocycles. The standard InChI is InChI=1S/C17H22FNO/c1-13-4-6-14(7-5-13)3-2-10-20-17-9-8-15(12-19)11-16(17)18/h8-9,11,13-14H,2-7,10H2,1H3. The van der Waals surface area contributed by atoms with Gasteiger partial charge in [-0.3, -0.25) is 0 Å². The Morgan fingerprint density at radius 2 is 2.05 bits per heavy atom. The predicted molar refractivity (Wildman–Crippen MR) is 77.0 cm³/mol. The first-order chi connectivity index (χ1) is 9.69. The van der Waals surface area contributed by atoms with Crippen LogP contribution in [0.1, 0.15) is 51.0 Å². The van der Waals surface area contributed by atoms with Gasteiger partial charge in [0.2, 0.25) is 0 Å². The molecular weight excluding hydrogens is 253 g/mol. The van der Waals surface area contributed by atoms with Crippen molar-refractivity contribution in [2.45, 2.75) is 45.4 Å². The van der Waals surface area contributed by atoms with Gasteiger partial charge in [0.25, 0.3) is 0 Å². The Balaban J connectivity index is 1.70. The first-order valence-electron chi connectivity index (χ1n) is 7.51. The molecule has 1 fully saturated rings. The van der Waals surface area contributed by atoms with E-state index in [2.05, 4.69) is 6.92 Å². The molecule has 0 aliphatic heterocycles. The summed E-state index contributed by atoms with van der Waals surface area (Å²) in [6.07, 6.45) is 7.48. The molecule has 3 heteroatoms. The van der Waals surface area contributed by atoms with Gasteiger partial charge in [-0.05, 0) is 42.9 Å². The molecule has 0 saturated heterocycles. The van der Waals surface area contributed by atoms with Crippen LogP contribution in [-0.2, 0) is 0 Å². The van der Waals surface area contributed by atoms with Crippen LogP contribution in [0, 0.1) is 29.0 Å². The lowest BCUT2D eigenvalue weighted by Crippen LogP contribution is -2.13. The van der Waals surface area contributed by atoms with Gasteiger partial charge in [0, 0.05) is 0 Å². The van der Waals surface area contributed by atoms with Crippen LogP contribution < -0.4 is 4.74 Å². The van der Waals surface area contributed by atoms with Crippen molar-refractivity contribution in [2.75, 3.05) is 6.61 Å². The molecule has 20 heavy (non-hydrogen) atoms. The van der Waals surface area contributed by atoms with Crippen molar-refractivity contribution in [2.24, 2.45) is 11.8 Å². The van der Waals surface area contributed by atoms with Gasteiger partial charge in [0.15, 0.2) is 11.6 Å². The average molecular weight is 275 g/mol. The third-order valence-corrected chi connectivity index (χ3v) is 4.21. The van der Waals surface area contributed by atoms with Crippen LogP contribution in [0.15, 0.2) is 18.2 Å². The summed E-state index contributed by atoms with van der Waals surface area (Å²) in [7, 11) is 0. The minimum Gasteiger partial charge on any atom is -0.491 e. The van der Waals surface area contributed by atoms with Gasteiger partial charge in [-0.25, -0.2) is 4.39 Å². The van der Waals surface area contributed by atoms with Crippen LogP contribution in [0.25, 0.3) is 0 Å². The van der Waals surface area contributed by atoms with Gasteiger partial charge < -0.3 is 4.74 Å². The second-order valence-corrected chi connectivity index (χ2v) is 5.87. The minimum absolute atomic E-state index is 0.251. The summed E-state index contributed by atoms with van der Waals surface area (Å²) in [6.45, 7) is 2.88. The SMILES string of the molecule is CC1CCC(CCCOc2ccc(C#N)cc2F)CC1. The van der Waals surface area contributed by atoms with E-state index in [4.69, 9.17) is 10.00 Å². The quantitative estimate of drug-likeness (QED) is 0.731. The smallest absolute Gasteiger partial charge is 0.166 e. The highest BCUT2D eigenvalue weighted by Gasteiger charge is 2.17. The van der Waals surface area contributed by atoms with Gasteiger partial charge in [0.05, 0.1) is 18.2 Å². The van der Waals surface area contributed by atoms with E-state index >= 15 is 0 Å². The number of ether oxygens (including phenoxy) is 1. The summed E-state index contributed by atoms with van der Waals surface area (Å²) in [5.74, 6) is 1.51. The van der Waals surface area contributed by atoms with E-state index in [1.807, 2.05) is 6.07 Å². The number of nitrogens with zero attached hydrogens (tertiary/aromatic N) is 1. The fourth-order valence-corrected chi connectivity index (χ4v) is 2.86. The highest BCUT2D eigenvalue weighted by Crippen LogP contribution is 2.31. The highest BCUT2D eigenvalue weighted by molar-refractivity contribution is 5.35. The molecule has 0 spiro atoms. The third-order valence-electron chi connectivity index (χ3n) is 4.21. The van der Waals surface area contributed by atoms with Gasteiger partial charge in [0.1, 0.15) is 0 Å². The van der Waals surface area contributed by atoms with Gasteiger partial charge in [-0.2, -0.15) is 5.26 Å². The molecule has 0 aromatic heterocycles. The van der Waals surface area contributed by atoms with Crippen LogP contribution >= 0.6 is 0 Å². The maximum Gasteiger partial charge on any atom is 0.166 e. The Kier molecular flexibility index (Phi) is 5.40. The van der Waals surface area contributed by atoms with Crippen molar-refractivity contribution >= 4 is 0 Å². The van der Waals surface area contributed by atoms with Crippen molar-refractivity contribution in [3.63, 3.8) is 0 Å². The molecule has 1 saturated carbocycles. The highest BCUT2D eigenvalue weighted by atomic mass is 19.1. The molecule has 0 bridgehead atoms. The monoisotopic (exact) mass is 275 g/mol. The van der Waals surface area contributed by atoms with E-state index in [9.17, 15) is 4.39 Å². The molecule has 2 nitrogen and oxygen atoms in total. The lowest BCUT2D eigenvalue weighted by molar-refractivity contribution is 0.240. The number of benzene rings is 1. The molecule has 0 N–H and O–H groups in total. The van der Waals surface area contributed by atoms with Crippen molar-refractivity contribution in [3.05, 3.63) is 29.6 Å². The minimum atomic E-state index is -0.449. The van der Waals surface area contributed by atoms with Gasteiger partial charge >= 0.3 is 0 Å². The average Bonchev–Trinajstić information content (AvgIpc) is 2.46. The largest absolute Gasteiger partial charge is 0.491 e. The number of halogens is 1. The molecule has 0 radical (unpaired) electrons. The van der Waals surface area contributed by atoms with E-state index < -0.39 is 5.82 Å². The first-order valence-corrected chi connectivity index (χ1v) is 7.51. The summed E-state index contributed by atoms with van der Waals surface area (Å²) in [6, 6.07) is 6.26. The van der Waals surface area contributed by atoms with Crippen molar-refractivity contribution in [1.29, 1.82) is 5.26 Å². The zero-order valence-corrected chi connectivity index (χ0v) is 12.1. The number of hydrogen-bond acceptors (Lipinski definition) is 2. The first kappa shape index (κ1) is 14.8. The Hall–Kier alpha value is -1.56. The fourth-order valence-electron chi connectivity index (χ4n) is 2.86. The molecule has 1 aromatic rings. The fraction of sp³-hybridized carbons (Fsp3) is 0.588. The molecule has 0 amide bonds. The van der Waals surface area contributed by atoms with Gasteiger partial charge in [-0.15, -0.1) is 0 Å². The number of hydrogen-bond donors (Lipinski definition) is 0. The summed E-state index contributed by atoms with van der Waals surface area (Å²) in [5.41, 5.74) is 0.325. The lowest BCUT2D eigenvalue weighted by Gasteiger charge is -2.25. The second kappa shape index (κ2) is 7.28. The molecule has 1 aromatic carbocycles. The van der Waals surface area contributed by atoms with Crippen molar-refractivity contribution in [1.82, 2.24) is 0 Å². The maximum atomic E-state index is 13.6. The van der Waals surface area contributed by atoms with Gasteiger partial charge in [-0.1, -0.05) is 32.6 Å². The summed E-state index contributed by atoms with van der Waals surface area (Å²) < 4.78 is 19.1. The van der Waals surface area contributed by atoms with E-state index in [1.54, 1.807) is 6.07 Å². The normalized spacial score (nSPS) is 22.2. The molecule has 1 aliphatic carbocycles. The third kappa shape index (κ3) is 4.23. The molecule has 2 rings (SSSR count). The topological polar surface area (TPSA) is 33.0 Å². The molecule has 1 aliphatic rings. The summed E-state index contributed by atoms with van der Waals surface area (Å²) >= 11 is 0. The molecule has 0 unspecified atom stereocenters. The van der Waals surface area contributed by atoms with E-state index in [0.717, 1.165) is 18.3 Å². The summed E-state index contributed by atoms with van der Waals surface area (Å²) in [5, 5.41) is 8.67. The van der Waals surface area contributed by atoms with Crippen molar-refractivity contribution in [3.8, 4) is 11.8 Å². The maximum absolute atomic E-state index is 13.6. The second-order valence-electron chi connectivity index (χ2n) is 5.87.